The van der Waals surface area contributed by atoms with Gasteiger partial charge in [0.15, 0.2) is 0 Å². The number of aliphatic hydroxyl groups is 1. The van der Waals surface area contributed by atoms with Crippen molar-refractivity contribution in [3.05, 3.63) is 64.7 Å². The lowest BCUT2D eigenvalue weighted by atomic mass is 9.96. The first kappa shape index (κ1) is 17.9. The topological polar surface area (TPSA) is 98.2 Å². The van der Waals surface area contributed by atoms with Crippen molar-refractivity contribution < 1.29 is 24.3 Å². The normalized spacial score (nSPS) is 21.8. The molecule has 5 amide bonds. The van der Waals surface area contributed by atoms with Crippen LogP contribution >= 0.6 is 0 Å². The molecule has 8 nitrogen and oxygen atoms in total. The quantitative estimate of drug-likeness (QED) is 0.629. The van der Waals surface area contributed by atoms with Crippen LogP contribution in [0, 0.1) is 6.92 Å². The van der Waals surface area contributed by atoms with Crippen molar-refractivity contribution >= 4 is 29.4 Å². The summed E-state index contributed by atoms with van der Waals surface area (Å²) in [6, 6.07) is 10.4. The second kappa shape index (κ2) is 5.74. The summed E-state index contributed by atoms with van der Waals surface area (Å²) >= 11 is 0. The third kappa shape index (κ3) is 2.09. The molecule has 0 radical (unpaired) electrons. The molecule has 1 N–H and O–H groups in total. The fourth-order valence-corrected chi connectivity index (χ4v) is 3.66. The van der Waals surface area contributed by atoms with Crippen molar-refractivity contribution in [2.45, 2.75) is 12.6 Å². The number of hydrogen-bond acceptors (Lipinski definition) is 5. The van der Waals surface area contributed by atoms with Crippen LogP contribution in [0.15, 0.2) is 42.5 Å². The number of aryl methyl sites for hydroxylation is 1. The van der Waals surface area contributed by atoms with Crippen molar-refractivity contribution in [3.8, 4) is 0 Å². The number of urea groups is 1. The Morgan fingerprint density at radius 3 is 1.96 bits per heavy atom. The lowest BCUT2D eigenvalue weighted by molar-refractivity contribution is -0.152. The van der Waals surface area contributed by atoms with Gasteiger partial charge in [0.2, 0.25) is 0 Å². The lowest BCUT2D eigenvalue weighted by Crippen LogP contribution is -2.46. The van der Waals surface area contributed by atoms with Crippen molar-refractivity contribution in [1.29, 1.82) is 0 Å². The van der Waals surface area contributed by atoms with Gasteiger partial charge in [-0.2, -0.15) is 0 Å². The molecule has 0 saturated carbocycles. The minimum absolute atomic E-state index is 0.00722. The van der Waals surface area contributed by atoms with E-state index in [2.05, 4.69) is 0 Å². The Hall–Kier alpha value is -3.52. The van der Waals surface area contributed by atoms with E-state index >= 15 is 0 Å². The SMILES string of the molecule is Cc1ccc(N2C(=O)c3ccccc3C2=O)c(C2(O)C(=O)N(C)C(=O)N2C)c1. The maximum Gasteiger partial charge on any atom is 0.329 e. The number of carbonyl (C=O) groups is 4. The molecule has 2 heterocycles. The van der Waals surface area contributed by atoms with Crippen LogP contribution in [0.1, 0.15) is 31.8 Å². The summed E-state index contributed by atoms with van der Waals surface area (Å²) in [5.74, 6) is -1.97. The Morgan fingerprint density at radius 2 is 1.46 bits per heavy atom. The molecule has 0 aliphatic carbocycles. The molecule has 4 rings (SSSR count). The summed E-state index contributed by atoms with van der Waals surface area (Å²) in [6.45, 7) is 1.74. The van der Waals surface area contributed by atoms with E-state index in [1.54, 1.807) is 37.3 Å². The Morgan fingerprint density at radius 1 is 0.893 bits per heavy atom. The van der Waals surface area contributed by atoms with E-state index in [9.17, 15) is 24.3 Å². The van der Waals surface area contributed by atoms with Gasteiger partial charge in [0.05, 0.1) is 16.8 Å². The fraction of sp³-hybridized carbons (Fsp3) is 0.200. The van der Waals surface area contributed by atoms with Crippen LogP contribution in [0.2, 0.25) is 0 Å². The van der Waals surface area contributed by atoms with Crippen molar-refractivity contribution in [2.75, 3.05) is 19.0 Å². The number of imide groups is 2. The number of amides is 5. The summed E-state index contributed by atoms with van der Waals surface area (Å²) in [5, 5.41) is 11.3. The van der Waals surface area contributed by atoms with E-state index < -0.39 is 29.5 Å². The molecule has 2 aromatic rings. The number of anilines is 1. The second-order valence-corrected chi connectivity index (χ2v) is 6.89. The number of nitrogens with zero attached hydrogens (tertiary/aromatic N) is 3. The molecule has 0 bridgehead atoms. The van der Waals surface area contributed by atoms with Gasteiger partial charge in [0.1, 0.15) is 0 Å². The van der Waals surface area contributed by atoms with E-state index in [4.69, 9.17) is 0 Å². The predicted molar refractivity (Wildman–Crippen MR) is 98.6 cm³/mol. The maximum atomic E-state index is 12.9. The first-order valence-electron chi connectivity index (χ1n) is 8.57. The van der Waals surface area contributed by atoms with E-state index in [1.165, 1.54) is 26.2 Å². The monoisotopic (exact) mass is 379 g/mol. The minimum Gasteiger partial charge on any atom is -0.359 e. The van der Waals surface area contributed by atoms with Crippen LogP contribution in [0.5, 0.6) is 0 Å². The van der Waals surface area contributed by atoms with Gasteiger partial charge in [0.25, 0.3) is 23.4 Å². The molecule has 2 aliphatic heterocycles. The smallest absolute Gasteiger partial charge is 0.329 e. The van der Waals surface area contributed by atoms with E-state index in [0.29, 0.717) is 5.56 Å². The molecular weight excluding hydrogens is 362 g/mol. The molecule has 2 aromatic carbocycles. The number of rotatable bonds is 2. The zero-order valence-electron chi connectivity index (χ0n) is 15.5. The Kier molecular flexibility index (Phi) is 3.66. The lowest BCUT2D eigenvalue weighted by Gasteiger charge is -2.31. The Balaban J connectivity index is 1.93. The maximum absolute atomic E-state index is 12.9. The summed E-state index contributed by atoms with van der Waals surface area (Å²) in [5.41, 5.74) is -1.11. The first-order valence-corrected chi connectivity index (χ1v) is 8.57. The molecule has 28 heavy (non-hydrogen) atoms. The van der Waals surface area contributed by atoms with Gasteiger partial charge < -0.3 is 5.11 Å². The molecule has 1 unspecified atom stereocenters. The third-order valence-electron chi connectivity index (χ3n) is 5.22. The predicted octanol–water partition coefficient (Wildman–Crippen LogP) is 1.46. The van der Waals surface area contributed by atoms with Crippen LogP contribution in [-0.4, -0.2) is 52.8 Å². The average Bonchev–Trinajstić information content (AvgIpc) is 3.03. The van der Waals surface area contributed by atoms with Gasteiger partial charge in [-0.3, -0.25) is 24.2 Å². The zero-order valence-corrected chi connectivity index (χ0v) is 15.5. The third-order valence-corrected chi connectivity index (χ3v) is 5.22. The largest absolute Gasteiger partial charge is 0.359 e. The van der Waals surface area contributed by atoms with Crippen LogP contribution in [0.3, 0.4) is 0 Å². The second-order valence-electron chi connectivity index (χ2n) is 6.89. The number of fused-ring (bicyclic) bond motifs is 1. The molecule has 0 spiro atoms. The highest BCUT2D eigenvalue weighted by atomic mass is 16.3. The molecular formula is C20H17N3O5. The van der Waals surface area contributed by atoms with Gasteiger partial charge in [0, 0.05) is 19.7 Å². The van der Waals surface area contributed by atoms with Crippen molar-refractivity contribution in [3.63, 3.8) is 0 Å². The highest BCUT2D eigenvalue weighted by molar-refractivity contribution is 6.34. The summed E-state index contributed by atoms with van der Waals surface area (Å²) in [6.07, 6.45) is 0. The highest BCUT2D eigenvalue weighted by Gasteiger charge is 2.57. The van der Waals surface area contributed by atoms with Gasteiger partial charge >= 0.3 is 6.03 Å². The molecule has 0 aromatic heterocycles. The first-order chi connectivity index (χ1) is 13.2. The molecule has 8 heteroatoms. The van der Waals surface area contributed by atoms with Crippen LogP contribution in [0.4, 0.5) is 10.5 Å². The number of benzene rings is 2. The molecule has 142 valence electrons. The summed E-state index contributed by atoms with van der Waals surface area (Å²) in [7, 11) is 2.55. The highest BCUT2D eigenvalue weighted by Crippen LogP contribution is 2.41. The van der Waals surface area contributed by atoms with E-state index in [1.807, 2.05) is 0 Å². The van der Waals surface area contributed by atoms with Crippen molar-refractivity contribution in [2.24, 2.45) is 0 Å². The molecule has 1 fully saturated rings. The van der Waals surface area contributed by atoms with E-state index in [0.717, 1.165) is 14.7 Å². The van der Waals surface area contributed by atoms with Crippen LogP contribution in [0.25, 0.3) is 0 Å². The Bertz CT molecular complexity index is 1040. The summed E-state index contributed by atoms with van der Waals surface area (Å²) < 4.78 is 0. The van der Waals surface area contributed by atoms with Crippen LogP contribution in [-0.2, 0) is 10.5 Å². The number of likely N-dealkylation sites (N-methyl/N-ethyl adjacent to an activating group) is 2. The van der Waals surface area contributed by atoms with Crippen molar-refractivity contribution in [1.82, 2.24) is 9.80 Å². The standard InChI is InChI=1S/C20H17N3O5/c1-11-8-9-15(23-16(24)12-6-4-5-7-13(12)17(23)25)14(10-11)20(28)18(26)21(2)19(27)22(20)3/h4-10,28H,1-3H3. The average molecular weight is 379 g/mol. The molecule has 1 saturated heterocycles. The summed E-state index contributed by atoms with van der Waals surface area (Å²) in [4.78, 5) is 53.4. The number of carbonyl (C=O) groups excluding carboxylic acids is 4. The van der Waals surface area contributed by atoms with E-state index in [-0.39, 0.29) is 22.4 Å². The fourth-order valence-electron chi connectivity index (χ4n) is 3.66. The molecule has 2 aliphatic rings. The van der Waals surface area contributed by atoms with Gasteiger partial charge in [-0.05, 0) is 31.2 Å². The van der Waals surface area contributed by atoms with Crippen LogP contribution < -0.4 is 4.90 Å². The molecule has 1 atom stereocenters. The van der Waals surface area contributed by atoms with Gasteiger partial charge in [-0.25, -0.2) is 9.69 Å². The minimum atomic E-state index is -2.33. The van der Waals surface area contributed by atoms with Gasteiger partial charge in [-0.15, -0.1) is 0 Å². The zero-order chi connectivity index (χ0) is 20.4. The van der Waals surface area contributed by atoms with Gasteiger partial charge in [-0.1, -0.05) is 23.8 Å². The Labute approximate surface area is 160 Å². The number of hydrogen-bond donors (Lipinski definition) is 1.